The molecule has 2 rings (SSSR count). The summed E-state index contributed by atoms with van der Waals surface area (Å²) >= 11 is 12.7. The second-order valence-electron chi connectivity index (χ2n) is 6.96. The van der Waals surface area contributed by atoms with E-state index < -0.39 is 17.7 Å². The van der Waals surface area contributed by atoms with Gasteiger partial charge < -0.3 is 18.9 Å². The fraction of sp³-hybridized carbons (Fsp3) is 0.417. The zero-order valence-corrected chi connectivity index (χ0v) is 21.9. The van der Waals surface area contributed by atoms with Gasteiger partial charge in [-0.2, -0.15) is 10.2 Å². The van der Waals surface area contributed by atoms with Gasteiger partial charge in [-0.3, -0.25) is 9.59 Å². The minimum absolute atomic E-state index is 0.201. The first-order valence-electron chi connectivity index (χ1n) is 11.2. The molecule has 0 aromatic heterocycles. The van der Waals surface area contributed by atoms with E-state index in [2.05, 4.69) is 10.2 Å². The van der Waals surface area contributed by atoms with Gasteiger partial charge in [-0.15, -0.1) is 0 Å². The van der Waals surface area contributed by atoms with Gasteiger partial charge in [0.15, 0.2) is 17.3 Å². The summed E-state index contributed by atoms with van der Waals surface area (Å²) in [5, 5.41) is 8.22. The van der Waals surface area contributed by atoms with E-state index in [0.717, 1.165) is 4.42 Å². The molecule has 0 saturated heterocycles. The van der Waals surface area contributed by atoms with Crippen LogP contribution >= 0.6 is 23.4 Å². The van der Waals surface area contributed by atoms with Crippen molar-refractivity contribution in [1.82, 2.24) is 0 Å². The summed E-state index contributed by atoms with van der Waals surface area (Å²) in [6, 6.07) is 6.42. The zero-order valence-electron chi connectivity index (χ0n) is 20.3. The van der Waals surface area contributed by atoms with Crippen molar-refractivity contribution in [3.8, 4) is 23.0 Å². The molecule has 0 aliphatic carbocycles. The van der Waals surface area contributed by atoms with Crippen molar-refractivity contribution < 1.29 is 28.5 Å². The smallest absolute Gasteiger partial charge is 0.276 e. The van der Waals surface area contributed by atoms with Crippen LogP contribution in [-0.2, 0) is 9.59 Å². The Hall–Kier alpha value is -3.04. The summed E-state index contributed by atoms with van der Waals surface area (Å²) in [6.45, 7) is 10.1. The minimum Gasteiger partial charge on any atom is -0.494 e. The Morgan fingerprint density at radius 1 is 0.886 bits per heavy atom. The van der Waals surface area contributed by atoms with E-state index in [1.54, 1.807) is 25.1 Å². The summed E-state index contributed by atoms with van der Waals surface area (Å²) in [6.07, 6.45) is 0. The largest absolute Gasteiger partial charge is 0.494 e. The first-order valence-corrected chi connectivity index (χ1v) is 11.9. The first kappa shape index (κ1) is 28.2. The molecule has 0 N–H and O–H groups in total. The number of hydrogen-bond acceptors (Lipinski definition) is 8. The van der Waals surface area contributed by atoms with Crippen LogP contribution in [0.5, 0.6) is 23.0 Å². The summed E-state index contributed by atoms with van der Waals surface area (Å²) < 4.78 is 23.0. The third-order valence-electron chi connectivity index (χ3n) is 4.46. The molecule has 0 heterocycles. The Morgan fingerprint density at radius 3 is 2.03 bits per heavy atom. The molecule has 0 aliphatic heterocycles. The highest BCUT2D eigenvalue weighted by atomic mass is 35.5. The second-order valence-corrected chi connectivity index (χ2v) is 7.70. The lowest BCUT2D eigenvalue weighted by Gasteiger charge is -2.20. The summed E-state index contributed by atoms with van der Waals surface area (Å²) in [5.41, 5.74) is 0.413. The normalized spacial score (nSPS) is 11.7. The van der Waals surface area contributed by atoms with Crippen LogP contribution in [0.15, 0.2) is 40.6 Å². The molecular formula is C24H29Cl2N3O6. The molecule has 1 unspecified atom stereocenters. The number of ketones is 1. The van der Waals surface area contributed by atoms with Crippen molar-refractivity contribution >= 4 is 46.4 Å². The number of benzene rings is 2. The quantitative estimate of drug-likeness (QED) is 0.176. The van der Waals surface area contributed by atoms with E-state index >= 15 is 0 Å². The van der Waals surface area contributed by atoms with E-state index in [-0.39, 0.29) is 16.4 Å². The number of anilines is 1. The number of nitrogens with zero attached hydrogens (tertiary/aromatic N) is 3. The molecule has 1 amide bonds. The van der Waals surface area contributed by atoms with Crippen molar-refractivity contribution in [2.45, 2.75) is 40.7 Å². The van der Waals surface area contributed by atoms with Crippen LogP contribution in [0.2, 0.25) is 5.02 Å². The van der Waals surface area contributed by atoms with Gasteiger partial charge in [0.2, 0.25) is 6.04 Å². The number of ether oxygens (including phenoxy) is 4. The van der Waals surface area contributed by atoms with Crippen molar-refractivity contribution in [2.75, 3.05) is 30.8 Å². The molecule has 11 heteroatoms. The number of hydrogen-bond donors (Lipinski definition) is 0. The Kier molecular flexibility index (Phi) is 11.1. The number of amides is 1. The SMILES string of the molecule is CCOc1ccc(OCC)c(N(Cl)C(=O)C(N=Nc2cc(OCC)c(OCC)cc2Cl)C(C)=O)c1. The van der Waals surface area contributed by atoms with Gasteiger partial charge in [0.25, 0.3) is 5.91 Å². The fourth-order valence-corrected chi connectivity index (χ4v) is 3.39. The van der Waals surface area contributed by atoms with Crippen LogP contribution in [0, 0.1) is 0 Å². The topological polar surface area (TPSA) is 99.0 Å². The van der Waals surface area contributed by atoms with E-state index in [1.165, 1.54) is 19.1 Å². The first-order chi connectivity index (χ1) is 16.8. The van der Waals surface area contributed by atoms with Crippen molar-refractivity contribution in [2.24, 2.45) is 10.2 Å². The van der Waals surface area contributed by atoms with Crippen molar-refractivity contribution in [3.05, 3.63) is 35.4 Å². The molecule has 2 aromatic rings. The van der Waals surface area contributed by atoms with E-state index in [9.17, 15) is 9.59 Å². The van der Waals surface area contributed by atoms with Crippen molar-refractivity contribution in [3.63, 3.8) is 0 Å². The highest BCUT2D eigenvalue weighted by molar-refractivity contribution is 6.39. The van der Waals surface area contributed by atoms with Gasteiger partial charge >= 0.3 is 0 Å². The van der Waals surface area contributed by atoms with Gasteiger partial charge in [0.05, 0.1) is 31.5 Å². The second kappa shape index (κ2) is 13.7. The Bertz CT molecular complexity index is 1060. The average molecular weight is 526 g/mol. The summed E-state index contributed by atoms with van der Waals surface area (Å²) in [5.74, 6) is 0.304. The Balaban J connectivity index is 2.40. The van der Waals surface area contributed by atoms with Crippen LogP contribution < -0.4 is 23.4 Å². The van der Waals surface area contributed by atoms with Gasteiger partial charge in [-0.25, -0.2) is 4.42 Å². The van der Waals surface area contributed by atoms with Crippen molar-refractivity contribution in [1.29, 1.82) is 0 Å². The molecule has 0 radical (unpaired) electrons. The van der Waals surface area contributed by atoms with E-state index in [0.29, 0.717) is 49.4 Å². The number of halogens is 2. The molecule has 0 aliphatic rings. The van der Waals surface area contributed by atoms with Crippen LogP contribution in [-0.4, -0.2) is 44.2 Å². The highest BCUT2D eigenvalue weighted by Gasteiger charge is 2.31. The molecule has 0 bridgehead atoms. The Labute approximate surface area is 215 Å². The zero-order chi connectivity index (χ0) is 26.0. The standard InChI is InChI=1S/C24H29Cl2N3O6/c1-6-32-16-10-11-20(33-7-2)19(12-16)29(26)24(31)23(15(5)30)28-27-18-14-22(35-9-4)21(34-8-3)13-17(18)25/h10-14,23H,6-9H2,1-5H3. The van der Waals surface area contributed by atoms with Gasteiger partial charge in [-0.05, 0) is 46.8 Å². The monoisotopic (exact) mass is 525 g/mol. The lowest BCUT2D eigenvalue weighted by Crippen LogP contribution is -2.36. The van der Waals surface area contributed by atoms with Gasteiger partial charge in [0.1, 0.15) is 22.9 Å². The van der Waals surface area contributed by atoms with E-state index in [4.69, 9.17) is 42.3 Å². The predicted molar refractivity (Wildman–Crippen MR) is 135 cm³/mol. The molecule has 2 aromatic carbocycles. The molecule has 190 valence electrons. The Morgan fingerprint density at radius 2 is 1.46 bits per heavy atom. The molecular weight excluding hydrogens is 497 g/mol. The maximum Gasteiger partial charge on any atom is 0.276 e. The fourth-order valence-electron chi connectivity index (χ4n) is 2.97. The summed E-state index contributed by atoms with van der Waals surface area (Å²) in [7, 11) is 0. The lowest BCUT2D eigenvalue weighted by molar-refractivity contribution is -0.126. The lowest BCUT2D eigenvalue weighted by atomic mass is 10.2. The maximum absolute atomic E-state index is 13.2. The number of carbonyl (C=O) groups is 2. The van der Waals surface area contributed by atoms with E-state index in [1.807, 2.05) is 20.8 Å². The molecule has 9 nitrogen and oxygen atoms in total. The molecule has 0 fully saturated rings. The molecule has 0 spiro atoms. The molecule has 0 saturated carbocycles. The van der Waals surface area contributed by atoms with Gasteiger partial charge in [0, 0.05) is 30.0 Å². The number of azo groups is 1. The number of carbonyl (C=O) groups excluding carboxylic acids is 2. The van der Waals surface area contributed by atoms with Crippen LogP contribution in [0.1, 0.15) is 34.6 Å². The minimum atomic E-state index is -1.52. The third-order valence-corrected chi connectivity index (χ3v) is 5.11. The highest BCUT2D eigenvalue weighted by Crippen LogP contribution is 2.39. The molecule has 35 heavy (non-hydrogen) atoms. The number of rotatable bonds is 13. The van der Waals surface area contributed by atoms with Crippen LogP contribution in [0.25, 0.3) is 0 Å². The summed E-state index contributed by atoms with van der Waals surface area (Å²) in [4.78, 5) is 25.5. The average Bonchev–Trinajstić information content (AvgIpc) is 2.82. The third kappa shape index (κ3) is 7.47. The van der Waals surface area contributed by atoms with Crippen LogP contribution in [0.3, 0.4) is 0 Å². The number of Topliss-reactive ketones (excluding diaryl/α,β-unsaturated/α-hetero) is 1. The maximum atomic E-state index is 13.2. The molecule has 1 atom stereocenters. The van der Waals surface area contributed by atoms with Gasteiger partial charge in [-0.1, -0.05) is 11.6 Å². The van der Waals surface area contributed by atoms with Crippen LogP contribution in [0.4, 0.5) is 11.4 Å². The predicted octanol–water partition coefficient (Wildman–Crippen LogP) is 6.16.